The maximum Gasteiger partial charge on any atom is 0.321 e. The monoisotopic (exact) mass is 866 g/mol. The Kier molecular flexibility index (Phi) is 19.5. The van der Waals surface area contributed by atoms with Crippen LogP contribution in [0.15, 0.2) is 0 Å². The molecule has 0 aliphatic carbocycles. The van der Waals surface area contributed by atoms with Crippen LogP contribution in [0.1, 0.15) is 101 Å². The summed E-state index contributed by atoms with van der Waals surface area (Å²) in [5.41, 5.74) is -0.00202. The van der Waals surface area contributed by atoms with Gasteiger partial charge in [-0.25, -0.2) is 0 Å². The number of carbonyl (C=O) groups is 4. The number of methoxy groups -OCH3 is 1. The lowest BCUT2D eigenvalue weighted by Crippen LogP contribution is -2.61. The van der Waals surface area contributed by atoms with E-state index in [-0.39, 0.29) is 31.4 Å². The van der Waals surface area contributed by atoms with Crippen molar-refractivity contribution < 1.29 is 83.3 Å². The van der Waals surface area contributed by atoms with Gasteiger partial charge in [-0.05, 0) is 74.9 Å². The topological polar surface area (TPSA) is 295 Å². The van der Waals surface area contributed by atoms with E-state index in [0.29, 0.717) is 6.42 Å². The zero-order valence-corrected chi connectivity index (χ0v) is 37.5. The number of carboxylic acids is 2. The fraction of sp³-hybridized carbons (Fsp3) is 0.902. The lowest BCUT2D eigenvalue weighted by Gasteiger charge is -2.49. The molecule has 19 nitrogen and oxygen atoms in total. The number of hydrogen-bond donors (Lipinski definition) is 8. The predicted octanol–water partition coefficient (Wildman–Crippen LogP) is 0.659. The Morgan fingerprint density at radius 2 is 1.50 bits per heavy atom. The highest BCUT2D eigenvalue weighted by Crippen LogP contribution is 2.40. The van der Waals surface area contributed by atoms with Gasteiger partial charge in [0.05, 0.1) is 54.1 Å². The lowest BCUT2D eigenvalue weighted by atomic mass is 9.74. The van der Waals surface area contributed by atoms with Gasteiger partial charge in [0.1, 0.15) is 35.7 Å². The molecule has 19 atom stereocenters. The summed E-state index contributed by atoms with van der Waals surface area (Å²) >= 11 is 0. The number of Topliss-reactive ketones (excluding diaryl/α,β-unsaturated/α-hetero) is 1. The molecular formula is C41H74N2O17. The zero-order valence-electron chi connectivity index (χ0n) is 37.5. The Hall–Kier alpha value is -2.40. The summed E-state index contributed by atoms with van der Waals surface area (Å²) < 4.78 is 37.1. The van der Waals surface area contributed by atoms with E-state index >= 15 is 0 Å². The molecule has 0 aromatic heterocycles. The smallest absolute Gasteiger partial charge is 0.321 e. The minimum absolute atomic E-state index is 0.0936. The first-order valence-electron chi connectivity index (χ1n) is 20.7. The average Bonchev–Trinajstić information content (AvgIpc) is 3.15. The molecule has 0 amide bonds. The number of rotatable bonds is 10. The Morgan fingerprint density at radius 3 is 1.98 bits per heavy atom. The third-order valence-electron chi connectivity index (χ3n) is 12.5. The molecule has 0 unspecified atom stereocenters. The quantitative estimate of drug-likeness (QED) is 0.140. The molecule has 3 rings (SSSR count). The number of carboxylic acid groups (broad SMARTS) is 2. The predicted molar refractivity (Wildman–Crippen MR) is 214 cm³/mol. The first-order chi connectivity index (χ1) is 27.5. The van der Waals surface area contributed by atoms with E-state index in [1.165, 1.54) is 27.9 Å². The van der Waals surface area contributed by atoms with Gasteiger partial charge in [0.15, 0.2) is 12.6 Å². The second-order valence-electron chi connectivity index (χ2n) is 18.0. The third-order valence-corrected chi connectivity index (χ3v) is 12.5. The molecule has 60 heavy (non-hydrogen) atoms. The Balaban J connectivity index is 0.00000123. The highest BCUT2D eigenvalue weighted by atomic mass is 16.7. The van der Waals surface area contributed by atoms with Gasteiger partial charge in [-0.1, -0.05) is 27.7 Å². The molecule has 19 heteroatoms. The number of ketones is 1. The highest BCUT2D eigenvalue weighted by Gasteiger charge is 2.53. The number of carbonyl (C=O) groups excluding carboxylic acids is 2. The number of nitrogens with zero attached hydrogens (tertiary/aromatic N) is 1. The summed E-state index contributed by atoms with van der Waals surface area (Å²) in [5, 5.41) is 73.6. The van der Waals surface area contributed by atoms with E-state index in [1.807, 2.05) is 25.9 Å². The molecule has 0 aromatic rings. The van der Waals surface area contributed by atoms with Gasteiger partial charge in [0.2, 0.25) is 0 Å². The molecule has 3 aliphatic heterocycles. The molecule has 0 radical (unpaired) electrons. The Labute approximate surface area is 353 Å². The summed E-state index contributed by atoms with van der Waals surface area (Å²) in [6.07, 6.45) is -10.2. The lowest BCUT2D eigenvalue weighted by molar-refractivity contribution is -0.318. The number of aliphatic hydroxyl groups is 5. The fourth-order valence-corrected chi connectivity index (χ4v) is 8.69. The standard InChI is InChI=1S/C37H67NO13.C4H7NO4/c1-14-25-37(10,45)30(41)20(4)27(39)18(2)16-35(8,44)32(51-34-28(40)24(38(11)12)15-19(3)47-34)21(5)29(22(6)33(43)49-25)50-26-17-36(9,46-13)31(42)23(7)48-26;5-2(4(8)9)1-3(6)7/h18-26,28-32,34,40-42,44-45H,14-17H2,1-13H3;2H,1,5H2,(H,6,7)(H,8,9)/t18-,19-,20+,21+,22-,23+,24+,25-,26+,28-,29+,30-,31+,32-,34+,35-,36-,37-;2-/m11/s1. The molecule has 3 aliphatic rings. The van der Waals surface area contributed by atoms with Crippen LogP contribution >= 0.6 is 0 Å². The normalized spacial score (nSPS) is 44.2. The van der Waals surface area contributed by atoms with Crippen molar-refractivity contribution in [2.75, 3.05) is 21.2 Å². The number of nitrogens with two attached hydrogens (primary N) is 1. The van der Waals surface area contributed by atoms with Crippen molar-refractivity contribution in [3.05, 3.63) is 0 Å². The molecule has 0 spiro atoms. The van der Waals surface area contributed by atoms with E-state index in [1.54, 1.807) is 41.5 Å². The summed E-state index contributed by atoms with van der Waals surface area (Å²) in [4.78, 5) is 49.4. The molecule has 0 aromatic carbocycles. The van der Waals surface area contributed by atoms with Gasteiger partial charge in [-0.3, -0.25) is 19.2 Å². The van der Waals surface area contributed by atoms with Crippen molar-refractivity contribution in [2.24, 2.45) is 29.4 Å². The first kappa shape index (κ1) is 53.7. The second-order valence-corrected chi connectivity index (χ2v) is 18.0. The molecule has 3 saturated heterocycles. The third kappa shape index (κ3) is 13.1. The second kappa shape index (κ2) is 21.8. The number of likely N-dealkylation sites (N-methyl/N-ethyl adjacent to an activating group) is 1. The number of aliphatic hydroxyl groups excluding tert-OH is 3. The van der Waals surface area contributed by atoms with Crippen LogP contribution in [-0.2, 0) is 47.6 Å². The van der Waals surface area contributed by atoms with Crippen LogP contribution in [-0.4, -0.2) is 176 Å². The van der Waals surface area contributed by atoms with Crippen molar-refractivity contribution in [3.8, 4) is 0 Å². The van der Waals surface area contributed by atoms with Crippen molar-refractivity contribution >= 4 is 23.7 Å². The summed E-state index contributed by atoms with van der Waals surface area (Å²) in [6, 6.07) is -1.61. The number of esters is 1. The molecule has 350 valence electrons. The van der Waals surface area contributed by atoms with Crippen LogP contribution in [0.2, 0.25) is 0 Å². The summed E-state index contributed by atoms with van der Waals surface area (Å²) in [7, 11) is 5.18. The first-order valence-corrected chi connectivity index (χ1v) is 20.7. The molecule has 0 saturated carbocycles. The van der Waals surface area contributed by atoms with E-state index in [2.05, 4.69) is 0 Å². The number of ether oxygens (including phenoxy) is 6. The maximum absolute atomic E-state index is 14.1. The number of hydrogen-bond acceptors (Lipinski definition) is 17. The van der Waals surface area contributed by atoms with Crippen molar-refractivity contribution in [1.29, 1.82) is 0 Å². The van der Waals surface area contributed by atoms with E-state index in [0.717, 1.165) is 0 Å². The SMILES string of the molecule is CC[C@H]1OC(=O)[C@H](C)[C@@H](O[C@H]2C[C@@](C)(OC)[C@@H](O)[C@H](C)O2)[C@H](C)[C@@H](O[C@@H]2O[C@H](C)C[C@H](N(C)C)[C@H]2O)[C@](C)(O)C[C@@H](C)C(=O)[C@H](C)[C@@H](O)[C@]1(C)O.N[C@H](CC(=O)O)C(=O)O. The molecule has 0 bridgehead atoms. The van der Waals surface area contributed by atoms with Gasteiger partial charge in [0, 0.05) is 37.3 Å². The Morgan fingerprint density at radius 1 is 0.917 bits per heavy atom. The van der Waals surface area contributed by atoms with Crippen molar-refractivity contribution in [3.63, 3.8) is 0 Å². The van der Waals surface area contributed by atoms with E-state index < -0.39 is 132 Å². The fourth-order valence-electron chi connectivity index (χ4n) is 8.69. The van der Waals surface area contributed by atoms with Crippen LogP contribution in [0.3, 0.4) is 0 Å². The zero-order chi connectivity index (χ0) is 46.4. The highest BCUT2D eigenvalue weighted by molar-refractivity contribution is 5.83. The molecule has 3 fully saturated rings. The maximum atomic E-state index is 14.1. The van der Waals surface area contributed by atoms with Crippen LogP contribution in [0, 0.1) is 23.7 Å². The van der Waals surface area contributed by atoms with E-state index in [9.17, 15) is 44.7 Å². The van der Waals surface area contributed by atoms with Crippen LogP contribution < -0.4 is 5.73 Å². The van der Waals surface area contributed by atoms with Crippen molar-refractivity contribution in [2.45, 2.75) is 192 Å². The Bertz CT molecular complexity index is 1430. The van der Waals surface area contributed by atoms with Gasteiger partial charge in [0.25, 0.3) is 0 Å². The summed E-state index contributed by atoms with van der Waals surface area (Å²) in [6.45, 7) is 16.3. The number of aliphatic carboxylic acids is 2. The minimum atomic E-state index is -1.99. The van der Waals surface area contributed by atoms with E-state index in [4.69, 9.17) is 44.4 Å². The van der Waals surface area contributed by atoms with Crippen molar-refractivity contribution in [1.82, 2.24) is 4.90 Å². The van der Waals surface area contributed by atoms with Gasteiger partial charge >= 0.3 is 17.9 Å². The van der Waals surface area contributed by atoms with Crippen LogP contribution in [0.25, 0.3) is 0 Å². The average molecular weight is 867 g/mol. The van der Waals surface area contributed by atoms with Gasteiger partial charge < -0.3 is 74.8 Å². The molecule has 3 heterocycles. The largest absolute Gasteiger partial charge is 0.481 e. The van der Waals surface area contributed by atoms with Crippen LogP contribution in [0.4, 0.5) is 0 Å². The minimum Gasteiger partial charge on any atom is -0.481 e. The van der Waals surface area contributed by atoms with Gasteiger partial charge in [-0.2, -0.15) is 0 Å². The van der Waals surface area contributed by atoms with Gasteiger partial charge in [-0.15, -0.1) is 0 Å². The van der Waals surface area contributed by atoms with Crippen LogP contribution in [0.5, 0.6) is 0 Å². The molecule has 9 N–H and O–H groups in total. The molecular weight excluding hydrogens is 792 g/mol. The number of cyclic esters (lactones) is 1. The summed E-state index contributed by atoms with van der Waals surface area (Å²) in [5.74, 6) is -7.47.